The van der Waals surface area contributed by atoms with Gasteiger partial charge in [-0.25, -0.2) is 4.98 Å². The van der Waals surface area contributed by atoms with Crippen LogP contribution >= 0.6 is 22.9 Å². The second-order valence-electron chi connectivity index (χ2n) is 5.89. The van der Waals surface area contributed by atoms with Crippen LogP contribution in [0.5, 0.6) is 0 Å². The fraction of sp³-hybridized carbons (Fsp3) is 0.278. The molecule has 130 valence electrons. The van der Waals surface area contributed by atoms with Crippen LogP contribution in [-0.2, 0) is 9.59 Å². The van der Waals surface area contributed by atoms with Gasteiger partial charge in [0.15, 0.2) is 5.13 Å². The Bertz CT molecular complexity index is 833. The molecule has 0 fully saturated rings. The second-order valence-corrected chi connectivity index (χ2v) is 7.13. The number of aromatic nitrogens is 1. The molecule has 0 bridgehead atoms. The number of halogens is 1. The molecule has 2 aromatic rings. The normalized spacial score (nSPS) is 19.6. The lowest BCUT2D eigenvalue weighted by molar-refractivity contribution is -0.146. The molecule has 7 heteroatoms. The summed E-state index contributed by atoms with van der Waals surface area (Å²) in [5, 5.41) is 12.3. The summed E-state index contributed by atoms with van der Waals surface area (Å²) in [6.45, 7) is 0. The number of hydrogen-bond donors (Lipinski definition) is 1. The van der Waals surface area contributed by atoms with Crippen molar-refractivity contribution in [2.75, 3.05) is 11.9 Å². The third kappa shape index (κ3) is 3.60. The summed E-state index contributed by atoms with van der Waals surface area (Å²) >= 11 is 7.53. The summed E-state index contributed by atoms with van der Waals surface area (Å²) in [6, 6.07) is 7.38. The number of allylic oxidation sites excluding steroid dienone is 2. The maximum Gasteiger partial charge on any atom is 0.307 e. The number of aliphatic carboxylic acids is 1. The second kappa shape index (κ2) is 7.37. The largest absolute Gasteiger partial charge is 0.481 e. The maximum atomic E-state index is 12.8. The average Bonchev–Trinajstić information content (AvgIpc) is 3.10. The van der Waals surface area contributed by atoms with Crippen LogP contribution in [0.25, 0.3) is 11.3 Å². The molecule has 0 aliphatic heterocycles. The first-order chi connectivity index (χ1) is 12.0. The van der Waals surface area contributed by atoms with Crippen LogP contribution in [0.15, 0.2) is 41.8 Å². The first kappa shape index (κ1) is 17.6. The number of hydrogen-bond acceptors (Lipinski definition) is 4. The molecule has 0 saturated carbocycles. The molecule has 1 aliphatic carbocycles. The van der Waals surface area contributed by atoms with E-state index in [1.807, 2.05) is 35.7 Å². The zero-order chi connectivity index (χ0) is 18.0. The van der Waals surface area contributed by atoms with Gasteiger partial charge < -0.3 is 5.11 Å². The number of carboxylic acid groups (broad SMARTS) is 1. The van der Waals surface area contributed by atoms with Crippen LogP contribution in [-0.4, -0.2) is 29.0 Å². The minimum Gasteiger partial charge on any atom is -0.481 e. The molecule has 25 heavy (non-hydrogen) atoms. The highest BCUT2D eigenvalue weighted by Gasteiger charge is 2.36. The molecular formula is C18H17ClN2O3S. The first-order valence-corrected chi connectivity index (χ1v) is 9.10. The number of carbonyl (C=O) groups is 2. The molecule has 3 rings (SSSR count). The molecule has 1 aliphatic rings. The van der Waals surface area contributed by atoms with E-state index in [9.17, 15) is 14.7 Å². The number of anilines is 1. The van der Waals surface area contributed by atoms with Gasteiger partial charge in [-0.3, -0.25) is 14.5 Å². The summed E-state index contributed by atoms with van der Waals surface area (Å²) in [4.78, 5) is 30.2. The Kier molecular flexibility index (Phi) is 5.20. The molecule has 0 saturated heterocycles. The maximum absolute atomic E-state index is 12.8. The van der Waals surface area contributed by atoms with Gasteiger partial charge in [0.2, 0.25) is 5.91 Å². The molecule has 2 atom stereocenters. The standard InChI is InChI=1S/C18H17ClN2O3S/c1-21(16(22)11-6-2-3-7-12(11)17(23)24)18-20-15(10-25-18)13-8-4-5-9-14(13)19/h2-5,8-12H,6-7H2,1H3,(H,23,24)/t11-,12+/m0/s1. The van der Waals surface area contributed by atoms with Crippen molar-refractivity contribution < 1.29 is 14.7 Å². The molecule has 1 heterocycles. The molecule has 1 aromatic carbocycles. The van der Waals surface area contributed by atoms with E-state index in [0.717, 1.165) is 5.56 Å². The van der Waals surface area contributed by atoms with Crippen LogP contribution in [0.2, 0.25) is 5.02 Å². The first-order valence-electron chi connectivity index (χ1n) is 7.85. The van der Waals surface area contributed by atoms with E-state index >= 15 is 0 Å². The van der Waals surface area contributed by atoms with E-state index in [1.165, 1.54) is 16.2 Å². The van der Waals surface area contributed by atoms with E-state index in [-0.39, 0.29) is 5.91 Å². The fourth-order valence-electron chi connectivity index (χ4n) is 2.91. The van der Waals surface area contributed by atoms with Crippen LogP contribution in [0, 0.1) is 11.8 Å². The van der Waals surface area contributed by atoms with Crippen LogP contribution in [0.3, 0.4) is 0 Å². The molecule has 0 spiro atoms. The van der Waals surface area contributed by atoms with Crippen LogP contribution in [0.4, 0.5) is 5.13 Å². The Balaban J connectivity index is 1.83. The van der Waals surface area contributed by atoms with Gasteiger partial charge in [-0.15, -0.1) is 11.3 Å². The molecule has 1 amide bonds. The zero-order valence-electron chi connectivity index (χ0n) is 13.6. The van der Waals surface area contributed by atoms with Crippen LogP contribution in [0.1, 0.15) is 12.8 Å². The molecule has 0 radical (unpaired) electrons. The highest BCUT2D eigenvalue weighted by Crippen LogP contribution is 2.33. The Labute approximate surface area is 154 Å². The van der Waals surface area contributed by atoms with Crippen molar-refractivity contribution in [3.63, 3.8) is 0 Å². The van der Waals surface area contributed by atoms with Gasteiger partial charge in [0.05, 0.1) is 17.5 Å². The summed E-state index contributed by atoms with van der Waals surface area (Å²) in [5.41, 5.74) is 1.50. The van der Waals surface area contributed by atoms with E-state index < -0.39 is 17.8 Å². The Hall–Kier alpha value is -2.18. The lowest BCUT2D eigenvalue weighted by Gasteiger charge is -2.27. The number of thiazole rings is 1. The quantitative estimate of drug-likeness (QED) is 0.816. The van der Waals surface area contributed by atoms with Crippen LogP contribution < -0.4 is 4.90 Å². The monoisotopic (exact) mass is 376 g/mol. The van der Waals surface area contributed by atoms with Crippen molar-refractivity contribution in [1.29, 1.82) is 0 Å². The van der Waals surface area contributed by atoms with Crippen molar-refractivity contribution in [3.8, 4) is 11.3 Å². The third-order valence-corrected chi connectivity index (χ3v) is 5.57. The summed E-state index contributed by atoms with van der Waals surface area (Å²) in [5.74, 6) is -2.42. The minimum absolute atomic E-state index is 0.225. The Morgan fingerprint density at radius 3 is 2.60 bits per heavy atom. The van der Waals surface area contributed by atoms with Crippen molar-refractivity contribution in [2.45, 2.75) is 12.8 Å². The molecule has 1 aromatic heterocycles. The van der Waals surface area contributed by atoms with Crippen molar-refractivity contribution >= 4 is 39.9 Å². The SMILES string of the molecule is CN(C(=O)[C@H]1CC=CC[C@H]1C(=O)O)c1nc(-c2ccccc2Cl)cs1. The number of carboxylic acids is 1. The number of benzene rings is 1. The number of nitrogens with zero attached hydrogens (tertiary/aromatic N) is 2. The van der Waals surface area contributed by atoms with E-state index in [2.05, 4.69) is 4.98 Å². The van der Waals surface area contributed by atoms with Gasteiger partial charge in [-0.2, -0.15) is 0 Å². The number of amides is 1. The van der Waals surface area contributed by atoms with Gasteiger partial charge in [0.25, 0.3) is 0 Å². The third-order valence-electron chi connectivity index (χ3n) is 4.33. The highest BCUT2D eigenvalue weighted by molar-refractivity contribution is 7.14. The molecular weight excluding hydrogens is 360 g/mol. The predicted molar refractivity (Wildman–Crippen MR) is 99.0 cm³/mol. The van der Waals surface area contributed by atoms with Crippen molar-refractivity contribution in [2.24, 2.45) is 11.8 Å². The van der Waals surface area contributed by atoms with Gasteiger partial charge in [0, 0.05) is 23.0 Å². The number of carbonyl (C=O) groups excluding carboxylic acids is 1. The van der Waals surface area contributed by atoms with Gasteiger partial charge in [0.1, 0.15) is 0 Å². The van der Waals surface area contributed by atoms with E-state index in [0.29, 0.717) is 28.7 Å². The van der Waals surface area contributed by atoms with Gasteiger partial charge in [-0.05, 0) is 18.9 Å². The number of rotatable bonds is 4. The van der Waals surface area contributed by atoms with E-state index in [4.69, 9.17) is 11.6 Å². The van der Waals surface area contributed by atoms with Gasteiger partial charge >= 0.3 is 5.97 Å². The lowest BCUT2D eigenvalue weighted by Crippen LogP contribution is -2.40. The fourth-order valence-corrected chi connectivity index (χ4v) is 3.94. The average molecular weight is 377 g/mol. The van der Waals surface area contributed by atoms with Gasteiger partial charge in [-0.1, -0.05) is 42.0 Å². The summed E-state index contributed by atoms with van der Waals surface area (Å²) in [7, 11) is 1.63. The highest BCUT2D eigenvalue weighted by atomic mass is 35.5. The minimum atomic E-state index is -0.938. The van der Waals surface area contributed by atoms with Crippen molar-refractivity contribution in [3.05, 3.63) is 46.8 Å². The Morgan fingerprint density at radius 1 is 1.24 bits per heavy atom. The predicted octanol–water partition coefficient (Wildman–Crippen LogP) is 4.09. The lowest BCUT2D eigenvalue weighted by atomic mass is 9.82. The topological polar surface area (TPSA) is 70.5 Å². The summed E-state index contributed by atoms with van der Waals surface area (Å²) < 4.78 is 0. The summed E-state index contributed by atoms with van der Waals surface area (Å²) in [6.07, 6.45) is 4.50. The zero-order valence-corrected chi connectivity index (χ0v) is 15.1. The van der Waals surface area contributed by atoms with E-state index in [1.54, 1.807) is 13.1 Å². The molecule has 1 N–H and O–H groups in total. The smallest absolute Gasteiger partial charge is 0.307 e. The molecule has 0 unspecified atom stereocenters. The Morgan fingerprint density at radius 2 is 1.92 bits per heavy atom. The molecule has 5 nitrogen and oxygen atoms in total. The van der Waals surface area contributed by atoms with Crippen molar-refractivity contribution in [1.82, 2.24) is 4.98 Å².